The average molecular weight is 387 g/mol. The number of hydrogen-bond donors (Lipinski definition) is 1. The Labute approximate surface area is 140 Å². The van der Waals surface area contributed by atoms with Gasteiger partial charge in [-0.1, -0.05) is 12.1 Å². The number of aromatic hydroxyl groups is 1. The second-order valence-corrected chi connectivity index (χ2v) is 8.18. The van der Waals surface area contributed by atoms with Crippen molar-refractivity contribution in [2.24, 2.45) is 0 Å². The predicted molar refractivity (Wildman–Crippen MR) is 90.8 cm³/mol. The highest BCUT2D eigenvalue weighted by atomic mass is 79.9. The SMILES string of the molecule is CCC1SCCSC1c1noc(-c2ccc(Br)c(O)c2)n1. The van der Waals surface area contributed by atoms with Crippen molar-refractivity contribution >= 4 is 39.5 Å². The van der Waals surface area contributed by atoms with Crippen LogP contribution in [0.1, 0.15) is 24.4 Å². The van der Waals surface area contributed by atoms with Crippen molar-refractivity contribution in [1.82, 2.24) is 10.1 Å². The van der Waals surface area contributed by atoms with Crippen LogP contribution in [0.2, 0.25) is 0 Å². The summed E-state index contributed by atoms with van der Waals surface area (Å²) in [6.45, 7) is 2.20. The molecule has 1 fully saturated rings. The van der Waals surface area contributed by atoms with Crippen molar-refractivity contribution in [3.63, 3.8) is 0 Å². The summed E-state index contributed by atoms with van der Waals surface area (Å²) in [4.78, 5) is 4.53. The number of thioether (sulfide) groups is 2. The van der Waals surface area contributed by atoms with Gasteiger partial charge in [-0.25, -0.2) is 0 Å². The fourth-order valence-electron chi connectivity index (χ4n) is 2.26. The van der Waals surface area contributed by atoms with Crippen LogP contribution in [-0.2, 0) is 0 Å². The summed E-state index contributed by atoms with van der Waals surface area (Å²) in [5, 5.41) is 14.7. The van der Waals surface area contributed by atoms with Crippen molar-refractivity contribution in [2.75, 3.05) is 11.5 Å². The van der Waals surface area contributed by atoms with E-state index in [0.717, 1.165) is 23.6 Å². The molecule has 1 aliphatic rings. The van der Waals surface area contributed by atoms with Crippen LogP contribution >= 0.6 is 39.5 Å². The molecule has 1 aliphatic heterocycles. The molecule has 4 nitrogen and oxygen atoms in total. The number of rotatable bonds is 3. The zero-order chi connectivity index (χ0) is 14.8. The molecule has 0 saturated carbocycles. The number of nitrogens with zero attached hydrogens (tertiary/aromatic N) is 2. The smallest absolute Gasteiger partial charge is 0.258 e. The highest BCUT2D eigenvalue weighted by Gasteiger charge is 2.30. The number of hydrogen-bond acceptors (Lipinski definition) is 6. The third-order valence-electron chi connectivity index (χ3n) is 3.34. The fourth-order valence-corrected chi connectivity index (χ4v) is 5.48. The molecular formula is C14H15BrN2O2S2. The standard InChI is InChI=1S/C14H15BrN2O2S2/c1-2-11-12(21-6-5-20-11)13-16-14(19-17-13)8-3-4-9(15)10(18)7-8/h3-4,7,11-12,18H,2,5-6H2,1H3. The van der Waals surface area contributed by atoms with Gasteiger partial charge >= 0.3 is 0 Å². The van der Waals surface area contributed by atoms with E-state index in [2.05, 4.69) is 33.0 Å². The largest absolute Gasteiger partial charge is 0.507 e. The minimum atomic E-state index is 0.168. The quantitative estimate of drug-likeness (QED) is 0.837. The van der Waals surface area contributed by atoms with Crippen molar-refractivity contribution in [2.45, 2.75) is 23.8 Å². The minimum Gasteiger partial charge on any atom is -0.507 e. The van der Waals surface area contributed by atoms with Crippen LogP contribution < -0.4 is 0 Å². The number of aromatic nitrogens is 2. The molecule has 7 heteroatoms. The Morgan fingerprint density at radius 2 is 2.19 bits per heavy atom. The molecule has 1 aromatic heterocycles. The molecule has 0 bridgehead atoms. The Hall–Kier alpha value is -0.660. The van der Waals surface area contributed by atoms with Gasteiger partial charge in [-0.3, -0.25) is 0 Å². The normalized spacial score (nSPS) is 22.4. The third-order valence-corrected chi connectivity index (χ3v) is 7.26. The van der Waals surface area contributed by atoms with E-state index >= 15 is 0 Å². The lowest BCUT2D eigenvalue weighted by Crippen LogP contribution is -2.19. The zero-order valence-electron chi connectivity index (χ0n) is 11.5. The zero-order valence-corrected chi connectivity index (χ0v) is 14.7. The summed E-state index contributed by atoms with van der Waals surface area (Å²) in [5.74, 6) is 3.69. The van der Waals surface area contributed by atoms with Crippen LogP contribution in [0.3, 0.4) is 0 Å². The second kappa shape index (κ2) is 6.62. The Kier molecular flexibility index (Phi) is 4.81. The third kappa shape index (κ3) is 3.24. The van der Waals surface area contributed by atoms with E-state index in [4.69, 9.17) is 4.52 Å². The van der Waals surface area contributed by atoms with Gasteiger partial charge in [0.1, 0.15) is 5.75 Å². The van der Waals surface area contributed by atoms with Gasteiger partial charge in [-0.2, -0.15) is 16.7 Å². The predicted octanol–water partition coefficient (Wildman–Crippen LogP) is 4.50. The lowest BCUT2D eigenvalue weighted by molar-refractivity contribution is 0.420. The summed E-state index contributed by atoms with van der Waals surface area (Å²) < 4.78 is 6.03. The first-order valence-electron chi connectivity index (χ1n) is 6.74. The Balaban J connectivity index is 1.86. The number of benzene rings is 1. The van der Waals surface area contributed by atoms with Crippen molar-refractivity contribution < 1.29 is 9.63 Å². The Morgan fingerprint density at radius 3 is 2.95 bits per heavy atom. The summed E-state index contributed by atoms with van der Waals surface area (Å²) in [5.41, 5.74) is 0.732. The summed E-state index contributed by atoms with van der Waals surface area (Å²) in [6, 6.07) is 5.25. The highest BCUT2D eigenvalue weighted by Crippen LogP contribution is 2.43. The molecule has 0 amide bonds. The van der Waals surface area contributed by atoms with E-state index in [9.17, 15) is 5.11 Å². The van der Waals surface area contributed by atoms with Crippen LogP contribution in [0.4, 0.5) is 0 Å². The molecule has 0 aliphatic carbocycles. The molecular weight excluding hydrogens is 372 g/mol. The first kappa shape index (κ1) is 15.2. The van der Waals surface area contributed by atoms with Gasteiger partial charge in [0, 0.05) is 22.3 Å². The minimum absolute atomic E-state index is 0.168. The van der Waals surface area contributed by atoms with Crippen molar-refractivity contribution in [3.8, 4) is 17.2 Å². The van der Waals surface area contributed by atoms with Gasteiger partial charge in [0.25, 0.3) is 5.89 Å². The van der Waals surface area contributed by atoms with E-state index in [1.54, 1.807) is 12.1 Å². The van der Waals surface area contributed by atoms with Gasteiger partial charge in [0.15, 0.2) is 5.82 Å². The van der Waals surface area contributed by atoms with E-state index in [1.807, 2.05) is 29.6 Å². The summed E-state index contributed by atoms with van der Waals surface area (Å²) in [6.07, 6.45) is 1.10. The maximum absolute atomic E-state index is 9.75. The first-order valence-corrected chi connectivity index (χ1v) is 9.63. The molecule has 21 heavy (non-hydrogen) atoms. The summed E-state index contributed by atoms with van der Waals surface area (Å²) >= 11 is 7.15. The second-order valence-electron chi connectivity index (χ2n) is 4.73. The van der Waals surface area contributed by atoms with Gasteiger partial charge in [-0.15, -0.1) is 11.8 Å². The van der Waals surface area contributed by atoms with Crippen LogP contribution in [0.15, 0.2) is 27.2 Å². The molecule has 1 saturated heterocycles. The van der Waals surface area contributed by atoms with Gasteiger partial charge in [-0.05, 0) is 40.5 Å². The first-order chi connectivity index (χ1) is 10.2. The maximum Gasteiger partial charge on any atom is 0.258 e. The van der Waals surface area contributed by atoms with E-state index in [-0.39, 0.29) is 11.0 Å². The monoisotopic (exact) mass is 386 g/mol. The van der Waals surface area contributed by atoms with Crippen LogP contribution in [0.5, 0.6) is 5.75 Å². The summed E-state index contributed by atoms with van der Waals surface area (Å²) in [7, 11) is 0. The number of phenolic OH excluding ortho intramolecular Hbond substituents is 1. The van der Waals surface area contributed by atoms with Crippen molar-refractivity contribution in [3.05, 3.63) is 28.5 Å². The van der Waals surface area contributed by atoms with E-state index in [1.165, 1.54) is 5.75 Å². The molecule has 1 aromatic carbocycles. The Morgan fingerprint density at radius 1 is 1.38 bits per heavy atom. The van der Waals surface area contributed by atoms with Gasteiger partial charge in [0.05, 0.1) is 9.72 Å². The van der Waals surface area contributed by atoms with Crippen LogP contribution in [0.25, 0.3) is 11.5 Å². The van der Waals surface area contributed by atoms with Crippen LogP contribution in [0, 0.1) is 0 Å². The van der Waals surface area contributed by atoms with E-state index < -0.39 is 0 Å². The molecule has 2 unspecified atom stereocenters. The molecule has 0 radical (unpaired) electrons. The van der Waals surface area contributed by atoms with Gasteiger partial charge < -0.3 is 9.63 Å². The lowest BCUT2D eigenvalue weighted by atomic mass is 10.2. The topological polar surface area (TPSA) is 59.2 Å². The number of halogens is 1. The van der Waals surface area contributed by atoms with Crippen LogP contribution in [-0.4, -0.2) is 32.0 Å². The average Bonchev–Trinajstić information content (AvgIpc) is 2.99. The van der Waals surface area contributed by atoms with Crippen molar-refractivity contribution in [1.29, 1.82) is 0 Å². The van der Waals surface area contributed by atoms with E-state index in [0.29, 0.717) is 15.6 Å². The van der Waals surface area contributed by atoms with Gasteiger partial charge in [0.2, 0.25) is 0 Å². The molecule has 2 aromatic rings. The molecule has 2 heterocycles. The molecule has 2 atom stereocenters. The maximum atomic E-state index is 9.75. The molecule has 3 rings (SSSR count). The molecule has 1 N–H and O–H groups in total. The number of phenols is 1. The Bertz CT molecular complexity index is 635. The highest BCUT2D eigenvalue weighted by molar-refractivity contribution is 9.10. The lowest BCUT2D eigenvalue weighted by Gasteiger charge is -2.27. The molecule has 112 valence electrons. The fraction of sp³-hybridized carbons (Fsp3) is 0.429. The molecule has 0 spiro atoms.